The highest BCUT2D eigenvalue weighted by Crippen LogP contribution is 2.30. The van der Waals surface area contributed by atoms with Crippen LogP contribution >= 0.6 is 11.6 Å². The molecule has 17 heavy (non-hydrogen) atoms. The summed E-state index contributed by atoms with van der Waals surface area (Å²) in [6, 6.07) is 8.72. The van der Waals surface area contributed by atoms with Crippen LogP contribution in [-0.4, -0.2) is 25.2 Å². The van der Waals surface area contributed by atoms with E-state index in [-0.39, 0.29) is 0 Å². The largest absolute Gasteiger partial charge is 0.296 e. The summed E-state index contributed by atoms with van der Waals surface area (Å²) in [6.45, 7) is 2.76. The molecule has 0 heterocycles. The normalized spacial score (nSPS) is 14.4. The van der Waals surface area contributed by atoms with Crippen LogP contribution in [0.3, 0.4) is 0 Å². The first-order valence-electron chi connectivity index (χ1n) is 5.11. The topological polar surface area (TPSA) is 51.2 Å². The van der Waals surface area contributed by atoms with Crippen molar-refractivity contribution < 1.29 is 13.2 Å². The number of hydrogen-bond acceptors (Lipinski definition) is 3. The van der Waals surface area contributed by atoms with Crippen molar-refractivity contribution in [2.75, 3.05) is 6.26 Å². The van der Waals surface area contributed by atoms with E-state index in [1.165, 1.54) is 13.8 Å². The fourth-order valence-corrected chi connectivity index (χ4v) is 2.23. The van der Waals surface area contributed by atoms with Gasteiger partial charge in [0.2, 0.25) is 0 Å². The molecule has 1 rings (SSSR count). The molecule has 1 aromatic carbocycles. The second-order valence-electron chi connectivity index (χ2n) is 4.42. The van der Waals surface area contributed by atoms with Crippen LogP contribution < -0.4 is 0 Å². The summed E-state index contributed by atoms with van der Waals surface area (Å²) in [5.74, 6) is -0.507. The van der Waals surface area contributed by atoms with Gasteiger partial charge in [-0.25, -0.2) is 8.42 Å². The molecule has 0 aliphatic rings. The van der Waals surface area contributed by atoms with E-state index in [4.69, 9.17) is 11.6 Å². The Balaban J connectivity index is 3.08. The first kappa shape index (κ1) is 14.2. The number of benzene rings is 1. The minimum absolute atomic E-state index is 0.507. The Hall–Kier alpha value is -0.870. The maximum Gasteiger partial charge on any atom is 0.175 e. The number of rotatable bonds is 4. The lowest BCUT2D eigenvalue weighted by Gasteiger charge is -2.23. The number of sulfone groups is 1. The van der Waals surface area contributed by atoms with Gasteiger partial charge in [0.05, 0.1) is 0 Å². The van der Waals surface area contributed by atoms with Crippen molar-refractivity contribution in [2.24, 2.45) is 0 Å². The van der Waals surface area contributed by atoms with E-state index >= 15 is 0 Å². The van der Waals surface area contributed by atoms with E-state index in [0.29, 0.717) is 5.56 Å². The summed E-state index contributed by atoms with van der Waals surface area (Å²) < 4.78 is 21.6. The Morgan fingerprint density at radius 3 is 2.12 bits per heavy atom. The zero-order chi connectivity index (χ0) is 13.3. The van der Waals surface area contributed by atoms with Crippen LogP contribution in [0.2, 0.25) is 0 Å². The maximum atomic E-state index is 12.1. The monoisotopic (exact) mass is 274 g/mol. The molecule has 0 spiro atoms. The van der Waals surface area contributed by atoms with Gasteiger partial charge in [0.25, 0.3) is 0 Å². The van der Waals surface area contributed by atoms with Gasteiger partial charge < -0.3 is 0 Å². The molecule has 94 valence electrons. The number of hydrogen-bond donors (Lipinski definition) is 0. The average molecular weight is 275 g/mol. The predicted molar refractivity (Wildman–Crippen MR) is 69.0 cm³/mol. The zero-order valence-corrected chi connectivity index (χ0v) is 11.5. The number of carbonyl (C=O) groups excluding carboxylic acids is 1. The highest BCUT2D eigenvalue weighted by Gasteiger charge is 2.41. The fraction of sp³-hybridized carbons (Fsp3) is 0.417. The van der Waals surface area contributed by atoms with Crippen molar-refractivity contribution in [3.05, 3.63) is 35.9 Å². The van der Waals surface area contributed by atoms with Gasteiger partial charge in [0.15, 0.2) is 15.6 Å². The summed E-state index contributed by atoms with van der Waals surface area (Å²) in [5.41, 5.74) is 0.607. The van der Waals surface area contributed by atoms with E-state index in [2.05, 4.69) is 0 Å². The van der Waals surface area contributed by atoms with Gasteiger partial charge >= 0.3 is 0 Å². The summed E-state index contributed by atoms with van der Waals surface area (Å²) in [5, 5.41) is -0.944. The third-order valence-electron chi connectivity index (χ3n) is 2.84. The summed E-state index contributed by atoms with van der Waals surface area (Å²) in [7, 11) is -3.49. The van der Waals surface area contributed by atoms with Gasteiger partial charge in [-0.15, -0.1) is 11.6 Å². The molecular weight excluding hydrogens is 260 g/mol. The number of Topliss-reactive ketones (excluding diaryl/α,β-unsaturated/α-hetero) is 1. The average Bonchev–Trinajstić information content (AvgIpc) is 2.26. The standard InChI is InChI=1S/C12H15ClO3S/c1-12(2,17(3,15)16)11(14)10(13)9-7-5-4-6-8-9/h4-8,10H,1-3H3. The lowest BCUT2D eigenvalue weighted by molar-refractivity contribution is -0.120. The highest BCUT2D eigenvalue weighted by molar-refractivity contribution is 7.92. The molecule has 1 atom stereocenters. The number of carbonyl (C=O) groups is 1. The lowest BCUT2D eigenvalue weighted by Crippen LogP contribution is -2.41. The van der Waals surface area contributed by atoms with Crippen LogP contribution in [0.4, 0.5) is 0 Å². The molecule has 0 amide bonds. The molecule has 3 nitrogen and oxygen atoms in total. The fourth-order valence-electron chi connectivity index (χ4n) is 1.26. The second-order valence-corrected chi connectivity index (χ2v) is 7.42. The van der Waals surface area contributed by atoms with Crippen LogP contribution in [0.25, 0.3) is 0 Å². The van der Waals surface area contributed by atoms with Gasteiger partial charge in [0.1, 0.15) is 10.1 Å². The molecule has 0 radical (unpaired) electrons. The molecule has 5 heteroatoms. The van der Waals surface area contributed by atoms with Crippen LogP contribution in [0, 0.1) is 0 Å². The Morgan fingerprint density at radius 2 is 1.71 bits per heavy atom. The summed E-state index contributed by atoms with van der Waals surface area (Å²) in [4.78, 5) is 12.1. The lowest BCUT2D eigenvalue weighted by atomic mass is 10.00. The predicted octanol–water partition coefficient (Wildman–Crippen LogP) is 2.36. The SMILES string of the molecule is CC(C)(C(=O)C(Cl)c1ccccc1)S(C)(=O)=O. The first-order chi connectivity index (χ1) is 7.68. The molecule has 0 bridgehead atoms. The van der Waals surface area contributed by atoms with E-state index in [1.807, 2.05) is 0 Å². The van der Waals surface area contributed by atoms with Crippen LogP contribution in [0.5, 0.6) is 0 Å². The third kappa shape index (κ3) is 2.87. The molecule has 0 N–H and O–H groups in total. The minimum atomic E-state index is -3.49. The molecule has 0 saturated heterocycles. The Labute approximate surface area is 107 Å². The first-order valence-corrected chi connectivity index (χ1v) is 7.43. The van der Waals surface area contributed by atoms with Gasteiger partial charge in [0, 0.05) is 6.26 Å². The molecule has 0 aromatic heterocycles. The second kappa shape index (κ2) is 4.78. The molecule has 0 aliphatic carbocycles. The van der Waals surface area contributed by atoms with Gasteiger partial charge in [-0.05, 0) is 19.4 Å². The molecule has 1 aromatic rings. The maximum absolute atomic E-state index is 12.1. The van der Waals surface area contributed by atoms with Gasteiger partial charge in [-0.1, -0.05) is 30.3 Å². The van der Waals surface area contributed by atoms with Gasteiger partial charge in [-0.3, -0.25) is 4.79 Å². The molecule has 0 aliphatic heterocycles. The van der Waals surface area contributed by atoms with Crippen molar-refractivity contribution >= 4 is 27.2 Å². The number of alkyl halides is 1. The van der Waals surface area contributed by atoms with Crippen LogP contribution in [0.1, 0.15) is 24.8 Å². The molecule has 0 fully saturated rings. The summed E-state index contributed by atoms with van der Waals surface area (Å²) >= 11 is 6.03. The van der Waals surface area contributed by atoms with Crippen molar-refractivity contribution in [1.29, 1.82) is 0 Å². The summed E-state index contributed by atoms with van der Waals surface area (Å²) in [6.07, 6.45) is 1.04. The quantitative estimate of drug-likeness (QED) is 0.792. The highest BCUT2D eigenvalue weighted by atomic mass is 35.5. The van der Waals surface area contributed by atoms with Crippen LogP contribution in [0.15, 0.2) is 30.3 Å². The third-order valence-corrected chi connectivity index (χ3v) is 5.35. The smallest absolute Gasteiger partial charge is 0.175 e. The van der Waals surface area contributed by atoms with Gasteiger partial charge in [-0.2, -0.15) is 0 Å². The molecular formula is C12H15ClO3S. The van der Waals surface area contributed by atoms with E-state index in [1.54, 1.807) is 30.3 Å². The van der Waals surface area contributed by atoms with Crippen molar-refractivity contribution in [3.8, 4) is 0 Å². The Kier molecular flexibility index (Phi) is 3.99. The van der Waals surface area contributed by atoms with Crippen LogP contribution in [-0.2, 0) is 14.6 Å². The van der Waals surface area contributed by atoms with Crippen molar-refractivity contribution in [2.45, 2.75) is 24.0 Å². The van der Waals surface area contributed by atoms with E-state index in [0.717, 1.165) is 6.26 Å². The number of ketones is 1. The van der Waals surface area contributed by atoms with Crippen molar-refractivity contribution in [1.82, 2.24) is 0 Å². The number of halogens is 1. The minimum Gasteiger partial charge on any atom is -0.296 e. The van der Waals surface area contributed by atoms with Crippen molar-refractivity contribution in [3.63, 3.8) is 0 Å². The molecule has 0 saturated carbocycles. The Morgan fingerprint density at radius 1 is 1.24 bits per heavy atom. The zero-order valence-electron chi connectivity index (χ0n) is 9.98. The molecule has 1 unspecified atom stereocenters. The Bertz CT molecular complexity index is 506. The van der Waals surface area contributed by atoms with E-state index in [9.17, 15) is 13.2 Å². The van der Waals surface area contributed by atoms with E-state index < -0.39 is 25.7 Å².